The lowest BCUT2D eigenvalue weighted by Gasteiger charge is -2.23. The van der Waals surface area contributed by atoms with Crippen molar-refractivity contribution >= 4 is 5.91 Å². The van der Waals surface area contributed by atoms with Crippen molar-refractivity contribution in [2.24, 2.45) is 0 Å². The van der Waals surface area contributed by atoms with E-state index in [1.54, 1.807) is 6.07 Å². The number of nitriles is 2. The minimum Gasteiger partial charge on any atom is -0.504 e. The topological polar surface area (TPSA) is 117 Å². The number of hydrogen-bond donors (Lipinski definition) is 3. The first-order valence-electron chi connectivity index (χ1n) is 8.85. The summed E-state index contributed by atoms with van der Waals surface area (Å²) in [5.74, 6) is -0.953. The molecule has 1 amide bonds. The minimum atomic E-state index is -0.352. The van der Waals surface area contributed by atoms with Gasteiger partial charge in [-0.2, -0.15) is 10.5 Å². The number of benzene rings is 2. The number of hydrogen-bond acceptors (Lipinski definition) is 5. The number of rotatable bonds is 3. The van der Waals surface area contributed by atoms with Crippen LogP contribution in [0.2, 0.25) is 0 Å². The van der Waals surface area contributed by atoms with Gasteiger partial charge in [-0.1, -0.05) is 31.4 Å². The molecule has 0 aliphatic heterocycles. The van der Waals surface area contributed by atoms with E-state index < -0.39 is 0 Å². The van der Waals surface area contributed by atoms with E-state index in [1.807, 2.05) is 12.1 Å². The monoisotopic (exact) mass is 361 g/mol. The molecule has 3 rings (SSSR count). The van der Waals surface area contributed by atoms with Crippen LogP contribution in [0.4, 0.5) is 0 Å². The zero-order valence-electron chi connectivity index (χ0n) is 14.7. The van der Waals surface area contributed by atoms with E-state index in [0.29, 0.717) is 11.1 Å². The summed E-state index contributed by atoms with van der Waals surface area (Å²) in [7, 11) is 0. The molecule has 0 spiro atoms. The van der Waals surface area contributed by atoms with Crippen LogP contribution in [0.25, 0.3) is 11.1 Å². The maximum Gasteiger partial charge on any atom is 0.252 e. The first kappa shape index (κ1) is 18.3. The number of phenols is 2. The van der Waals surface area contributed by atoms with Crippen LogP contribution in [0.3, 0.4) is 0 Å². The van der Waals surface area contributed by atoms with Crippen LogP contribution >= 0.6 is 0 Å². The van der Waals surface area contributed by atoms with Crippen LogP contribution in [-0.4, -0.2) is 22.2 Å². The molecule has 0 aromatic heterocycles. The zero-order chi connectivity index (χ0) is 19.4. The van der Waals surface area contributed by atoms with Gasteiger partial charge >= 0.3 is 0 Å². The third-order valence-electron chi connectivity index (χ3n) is 4.90. The third kappa shape index (κ3) is 3.70. The number of carbonyl (C=O) groups excluding carboxylic acids is 1. The summed E-state index contributed by atoms with van der Waals surface area (Å²) in [6, 6.07) is 11.3. The van der Waals surface area contributed by atoms with E-state index in [4.69, 9.17) is 0 Å². The fourth-order valence-corrected chi connectivity index (χ4v) is 3.47. The van der Waals surface area contributed by atoms with E-state index in [9.17, 15) is 25.5 Å². The molecule has 27 heavy (non-hydrogen) atoms. The Morgan fingerprint density at radius 1 is 0.963 bits per heavy atom. The summed E-state index contributed by atoms with van der Waals surface area (Å²) in [6.07, 6.45) is 5.15. The van der Waals surface area contributed by atoms with Crippen LogP contribution in [0.5, 0.6) is 11.5 Å². The third-order valence-corrected chi connectivity index (χ3v) is 4.90. The second-order valence-corrected chi connectivity index (χ2v) is 6.65. The predicted molar refractivity (Wildman–Crippen MR) is 99.0 cm³/mol. The molecule has 0 heterocycles. The maximum absolute atomic E-state index is 12.7. The van der Waals surface area contributed by atoms with Crippen molar-refractivity contribution in [3.05, 3.63) is 47.0 Å². The number of amides is 1. The molecule has 2 aromatic rings. The Bertz CT molecular complexity index is 964. The van der Waals surface area contributed by atoms with Crippen molar-refractivity contribution < 1.29 is 15.0 Å². The van der Waals surface area contributed by atoms with Crippen molar-refractivity contribution in [2.75, 3.05) is 0 Å². The summed E-state index contributed by atoms with van der Waals surface area (Å²) in [4.78, 5) is 12.7. The molecule has 0 bridgehead atoms. The fourth-order valence-electron chi connectivity index (χ4n) is 3.47. The van der Waals surface area contributed by atoms with Crippen molar-refractivity contribution in [1.29, 1.82) is 10.5 Å². The lowest BCUT2D eigenvalue weighted by atomic mass is 9.91. The summed E-state index contributed by atoms with van der Waals surface area (Å²) in [6.45, 7) is 0. The normalized spacial score (nSPS) is 14.1. The minimum absolute atomic E-state index is 0.0101. The zero-order valence-corrected chi connectivity index (χ0v) is 14.7. The molecule has 1 saturated carbocycles. The first-order chi connectivity index (χ1) is 13.0. The van der Waals surface area contributed by atoms with Gasteiger partial charge in [0.25, 0.3) is 5.91 Å². The number of phenolic OH excluding ortho intramolecular Hbond substituents is 2. The average molecular weight is 361 g/mol. The van der Waals surface area contributed by atoms with Crippen LogP contribution in [0.15, 0.2) is 30.3 Å². The Hall–Kier alpha value is -3.51. The molecule has 1 aliphatic carbocycles. The molecule has 6 heteroatoms. The maximum atomic E-state index is 12.7. The SMILES string of the molecule is N#Cc1c(C(=O)NC2CCCCC2)ccc(-c2ccc(O)c(O)c2)c1C#N. The Kier molecular flexibility index (Phi) is 5.28. The van der Waals surface area contributed by atoms with Gasteiger partial charge in [0.05, 0.1) is 16.7 Å². The standard InChI is InChI=1S/C21H19N3O3/c22-11-17-15(13-6-9-19(25)20(26)10-13)7-8-16(18(17)12-23)21(27)24-14-4-2-1-3-5-14/h6-10,14,25-26H,1-5H2,(H,24,27). The fraction of sp³-hybridized carbons (Fsp3) is 0.286. The highest BCUT2D eigenvalue weighted by Gasteiger charge is 2.22. The highest BCUT2D eigenvalue weighted by atomic mass is 16.3. The van der Waals surface area contributed by atoms with E-state index in [-0.39, 0.29) is 40.1 Å². The van der Waals surface area contributed by atoms with Gasteiger partial charge in [0.2, 0.25) is 0 Å². The summed E-state index contributed by atoms with van der Waals surface area (Å²) in [5, 5.41) is 41.3. The summed E-state index contributed by atoms with van der Waals surface area (Å²) < 4.78 is 0. The van der Waals surface area contributed by atoms with Crippen molar-refractivity contribution in [2.45, 2.75) is 38.1 Å². The van der Waals surface area contributed by atoms with Crippen LogP contribution in [-0.2, 0) is 0 Å². The van der Waals surface area contributed by atoms with Crippen molar-refractivity contribution in [3.8, 4) is 34.8 Å². The van der Waals surface area contributed by atoms with E-state index in [1.165, 1.54) is 30.7 Å². The van der Waals surface area contributed by atoms with Gasteiger partial charge in [0.15, 0.2) is 11.5 Å². The predicted octanol–water partition coefficient (Wildman–Crippen LogP) is 3.57. The van der Waals surface area contributed by atoms with E-state index in [2.05, 4.69) is 5.32 Å². The first-order valence-corrected chi connectivity index (χ1v) is 8.85. The molecule has 0 atom stereocenters. The van der Waals surface area contributed by atoms with Gasteiger partial charge in [0.1, 0.15) is 12.1 Å². The van der Waals surface area contributed by atoms with E-state index >= 15 is 0 Å². The number of nitrogens with one attached hydrogen (secondary N) is 1. The smallest absolute Gasteiger partial charge is 0.252 e. The molecule has 0 radical (unpaired) electrons. The Morgan fingerprint density at radius 3 is 2.30 bits per heavy atom. The molecule has 3 N–H and O–H groups in total. The van der Waals surface area contributed by atoms with Crippen molar-refractivity contribution in [3.63, 3.8) is 0 Å². The van der Waals surface area contributed by atoms with Gasteiger partial charge in [0, 0.05) is 11.6 Å². The van der Waals surface area contributed by atoms with Gasteiger partial charge in [-0.25, -0.2) is 0 Å². The molecule has 0 unspecified atom stereocenters. The number of carbonyl (C=O) groups is 1. The molecular formula is C21H19N3O3. The largest absolute Gasteiger partial charge is 0.504 e. The summed E-state index contributed by atoms with van der Waals surface area (Å²) >= 11 is 0. The average Bonchev–Trinajstić information content (AvgIpc) is 2.69. The molecule has 0 saturated heterocycles. The van der Waals surface area contributed by atoms with Gasteiger partial charge in [-0.3, -0.25) is 4.79 Å². The highest BCUT2D eigenvalue weighted by molar-refractivity contribution is 5.98. The lowest BCUT2D eigenvalue weighted by Crippen LogP contribution is -2.36. The van der Waals surface area contributed by atoms with Crippen LogP contribution < -0.4 is 5.32 Å². The van der Waals surface area contributed by atoms with Gasteiger partial charge in [-0.05, 0) is 36.6 Å². The van der Waals surface area contributed by atoms with Gasteiger partial charge in [-0.15, -0.1) is 0 Å². The second-order valence-electron chi connectivity index (χ2n) is 6.65. The van der Waals surface area contributed by atoms with Crippen LogP contribution in [0.1, 0.15) is 53.6 Å². The molecule has 1 aliphatic rings. The Labute approximate surface area is 157 Å². The second kappa shape index (κ2) is 7.80. The van der Waals surface area contributed by atoms with Gasteiger partial charge < -0.3 is 15.5 Å². The van der Waals surface area contributed by atoms with Crippen molar-refractivity contribution in [1.82, 2.24) is 5.32 Å². The number of aromatic hydroxyl groups is 2. The molecule has 1 fully saturated rings. The summed E-state index contributed by atoms with van der Waals surface area (Å²) in [5.41, 5.74) is 1.14. The van der Waals surface area contributed by atoms with Crippen LogP contribution in [0, 0.1) is 22.7 Å². The molecule has 2 aromatic carbocycles. The molecular weight excluding hydrogens is 342 g/mol. The molecule has 6 nitrogen and oxygen atoms in total. The lowest BCUT2D eigenvalue weighted by molar-refractivity contribution is 0.0927. The molecule has 136 valence electrons. The highest BCUT2D eigenvalue weighted by Crippen LogP contribution is 2.34. The Morgan fingerprint density at radius 2 is 1.67 bits per heavy atom. The van der Waals surface area contributed by atoms with E-state index in [0.717, 1.165) is 25.7 Å². The Balaban J connectivity index is 2.00. The number of nitrogens with zero attached hydrogens (tertiary/aromatic N) is 2. The quantitative estimate of drug-likeness (QED) is 0.723.